The van der Waals surface area contributed by atoms with Gasteiger partial charge >= 0.3 is 5.69 Å². The molecule has 0 aliphatic heterocycles. The van der Waals surface area contributed by atoms with Gasteiger partial charge in [-0.25, -0.2) is 9.89 Å². The molecule has 0 bridgehead atoms. The Hall–Kier alpha value is -2.57. The van der Waals surface area contributed by atoms with Crippen molar-refractivity contribution in [2.45, 2.75) is 32.7 Å². The number of hydrogen-bond donors (Lipinski definition) is 2. The molecule has 0 atom stereocenters. The third kappa shape index (κ3) is 4.98. The smallest absolute Gasteiger partial charge is 0.340 e. The summed E-state index contributed by atoms with van der Waals surface area (Å²) in [7, 11) is 1.66. The summed E-state index contributed by atoms with van der Waals surface area (Å²) in [4.78, 5) is 27.3. The Labute approximate surface area is 134 Å². The molecule has 0 saturated heterocycles. The first kappa shape index (κ1) is 16.8. The fourth-order valence-electron chi connectivity index (χ4n) is 2.13. The summed E-state index contributed by atoms with van der Waals surface area (Å²) in [6.07, 6.45) is 3.34. The van der Waals surface area contributed by atoms with E-state index in [2.05, 4.69) is 22.1 Å². The topological polar surface area (TPSA) is 91.1 Å². The summed E-state index contributed by atoms with van der Waals surface area (Å²) < 4.78 is 5.62. The maximum absolute atomic E-state index is 12.3. The second-order valence-electron chi connectivity index (χ2n) is 5.37. The number of unbranched alkanes of at least 4 members (excludes halogenated alkanes) is 2. The molecular formula is C16H22N4O3. The number of carbonyl (C=O) groups excluding carboxylic acids is 1. The van der Waals surface area contributed by atoms with Crippen molar-refractivity contribution >= 4 is 5.91 Å². The van der Waals surface area contributed by atoms with E-state index in [1.807, 2.05) is 0 Å². The van der Waals surface area contributed by atoms with Gasteiger partial charge in [0.25, 0.3) is 5.91 Å². The van der Waals surface area contributed by atoms with E-state index in [-0.39, 0.29) is 18.1 Å². The number of nitrogens with one attached hydrogen (secondary N) is 2. The van der Waals surface area contributed by atoms with Gasteiger partial charge in [0.15, 0.2) is 5.82 Å². The molecule has 1 amide bonds. The van der Waals surface area contributed by atoms with E-state index in [9.17, 15) is 9.59 Å². The molecule has 0 unspecified atom stereocenters. The lowest BCUT2D eigenvalue weighted by molar-refractivity contribution is 0.0781. The number of hydrogen-bond acceptors (Lipinski definition) is 4. The van der Waals surface area contributed by atoms with Crippen LogP contribution in [0, 0.1) is 0 Å². The highest BCUT2D eigenvalue weighted by Crippen LogP contribution is 2.14. The van der Waals surface area contributed by atoms with Crippen molar-refractivity contribution in [3.05, 3.63) is 46.1 Å². The van der Waals surface area contributed by atoms with Gasteiger partial charge in [0.05, 0.1) is 13.2 Å². The van der Waals surface area contributed by atoms with Crippen LogP contribution in [0.4, 0.5) is 0 Å². The molecule has 1 aromatic carbocycles. The number of H-pyrrole nitrogens is 2. The molecule has 0 spiro atoms. The number of amides is 1. The molecule has 0 aliphatic carbocycles. The number of rotatable bonds is 8. The lowest BCUT2D eigenvalue weighted by Crippen LogP contribution is -2.26. The molecule has 0 fully saturated rings. The Morgan fingerprint density at radius 2 is 2.00 bits per heavy atom. The maximum Gasteiger partial charge on any atom is 0.340 e. The van der Waals surface area contributed by atoms with Crippen LogP contribution in [-0.4, -0.2) is 39.6 Å². The molecule has 23 heavy (non-hydrogen) atoms. The fraction of sp³-hybridized carbons (Fsp3) is 0.438. The lowest BCUT2D eigenvalue weighted by Gasteiger charge is -2.15. The summed E-state index contributed by atoms with van der Waals surface area (Å²) in [5.41, 5.74) is 0.178. The predicted molar refractivity (Wildman–Crippen MR) is 86.5 cm³/mol. The minimum absolute atomic E-state index is 0.147. The van der Waals surface area contributed by atoms with E-state index in [1.54, 1.807) is 31.3 Å². The van der Waals surface area contributed by atoms with Crippen molar-refractivity contribution in [2.75, 3.05) is 13.7 Å². The van der Waals surface area contributed by atoms with Gasteiger partial charge in [-0.3, -0.25) is 9.78 Å². The molecule has 2 aromatic rings. The van der Waals surface area contributed by atoms with Gasteiger partial charge in [-0.1, -0.05) is 19.8 Å². The van der Waals surface area contributed by atoms with Crippen molar-refractivity contribution < 1.29 is 9.53 Å². The summed E-state index contributed by atoms with van der Waals surface area (Å²) in [5, 5.41) is 6.06. The Balaban J connectivity index is 1.90. The molecule has 2 N–H and O–H groups in total. The van der Waals surface area contributed by atoms with Crippen molar-refractivity contribution in [3.63, 3.8) is 0 Å². The van der Waals surface area contributed by atoms with E-state index in [1.165, 1.54) is 4.90 Å². The normalized spacial score (nSPS) is 10.5. The molecule has 1 heterocycles. The zero-order valence-electron chi connectivity index (χ0n) is 13.5. The van der Waals surface area contributed by atoms with Crippen molar-refractivity contribution in [1.82, 2.24) is 20.1 Å². The molecular weight excluding hydrogens is 296 g/mol. The lowest BCUT2D eigenvalue weighted by atomic mass is 10.2. The van der Waals surface area contributed by atoms with E-state index in [4.69, 9.17) is 4.74 Å². The van der Waals surface area contributed by atoms with E-state index in [0.29, 0.717) is 18.0 Å². The summed E-state index contributed by atoms with van der Waals surface area (Å²) in [5.74, 6) is 1.03. The van der Waals surface area contributed by atoms with E-state index < -0.39 is 0 Å². The molecule has 7 heteroatoms. The zero-order valence-corrected chi connectivity index (χ0v) is 13.5. The Bertz CT molecular complexity index is 675. The molecule has 1 aromatic heterocycles. The Morgan fingerprint density at radius 3 is 2.61 bits per heavy atom. The molecule has 0 aliphatic rings. The number of nitrogens with zero attached hydrogens (tertiary/aromatic N) is 2. The largest absolute Gasteiger partial charge is 0.494 e. The van der Waals surface area contributed by atoms with Gasteiger partial charge in [0, 0.05) is 12.6 Å². The van der Waals surface area contributed by atoms with Crippen LogP contribution >= 0.6 is 0 Å². The molecule has 124 valence electrons. The number of aromatic nitrogens is 3. The van der Waals surface area contributed by atoms with Crippen molar-refractivity contribution in [2.24, 2.45) is 0 Å². The second-order valence-corrected chi connectivity index (χ2v) is 5.37. The molecule has 0 radical (unpaired) electrons. The van der Waals surface area contributed by atoms with Gasteiger partial charge in [0.2, 0.25) is 0 Å². The third-order valence-electron chi connectivity index (χ3n) is 3.40. The average molecular weight is 318 g/mol. The second kappa shape index (κ2) is 8.17. The summed E-state index contributed by atoms with van der Waals surface area (Å²) in [6, 6.07) is 7.06. The molecule has 7 nitrogen and oxygen atoms in total. The van der Waals surface area contributed by atoms with Crippen LogP contribution in [0.3, 0.4) is 0 Å². The van der Waals surface area contributed by atoms with Crippen LogP contribution in [0.5, 0.6) is 5.75 Å². The number of aromatic amines is 2. The highest BCUT2D eigenvalue weighted by molar-refractivity contribution is 5.94. The first-order valence-corrected chi connectivity index (χ1v) is 7.72. The van der Waals surface area contributed by atoms with Crippen LogP contribution < -0.4 is 10.4 Å². The van der Waals surface area contributed by atoms with Crippen LogP contribution in [0.15, 0.2) is 29.1 Å². The minimum atomic E-state index is -0.384. The highest BCUT2D eigenvalue weighted by atomic mass is 16.5. The molecule has 0 saturated carbocycles. The van der Waals surface area contributed by atoms with Gasteiger partial charge in [0.1, 0.15) is 5.75 Å². The number of carbonyl (C=O) groups is 1. The number of ether oxygens (including phenoxy) is 1. The zero-order chi connectivity index (χ0) is 16.7. The number of benzene rings is 1. The SMILES string of the molecule is CCCCCOc1ccc(C(=O)N(C)Cc2n[nH]c(=O)[nH]2)cc1. The van der Waals surface area contributed by atoms with Crippen LogP contribution in [0.1, 0.15) is 42.4 Å². The standard InChI is InChI=1S/C16H22N4O3/c1-3-4-5-10-23-13-8-6-12(7-9-13)15(21)20(2)11-14-17-16(22)19-18-14/h6-9H,3-5,10-11H2,1-2H3,(H2,17,18,19,22). The molecule has 2 rings (SSSR count). The quantitative estimate of drug-likeness (QED) is 0.728. The van der Waals surface area contributed by atoms with Gasteiger partial charge in [-0.2, -0.15) is 5.10 Å². The average Bonchev–Trinajstić information content (AvgIpc) is 2.96. The van der Waals surface area contributed by atoms with Gasteiger partial charge in [-0.15, -0.1) is 0 Å². The van der Waals surface area contributed by atoms with Crippen LogP contribution in [-0.2, 0) is 6.54 Å². The Morgan fingerprint density at radius 1 is 1.26 bits per heavy atom. The van der Waals surface area contributed by atoms with Crippen molar-refractivity contribution in [1.29, 1.82) is 0 Å². The van der Waals surface area contributed by atoms with Gasteiger partial charge in [-0.05, 0) is 30.7 Å². The van der Waals surface area contributed by atoms with Crippen molar-refractivity contribution in [3.8, 4) is 5.75 Å². The van der Waals surface area contributed by atoms with E-state index >= 15 is 0 Å². The first-order valence-electron chi connectivity index (χ1n) is 7.72. The fourth-order valence-corrected chi connectivity index (χ4v) is 2.13. The summed E-state index contributed by atoms with van der Waals surface area (Å²) >= 11 is 0. The van der Waals surface area contributed by atoms with E-state index in [0.717, 1.165) is 25.0 Å². The summed E-state index contributed by atoms with van der Waals surface area (Å²) in [6.45, 7) is 3.07. The Kier molecular flexibility index (Phi) is 5.96. The first-order chi connectivity index (χ1) is 11.1. The third-order valence-corrected chi connectivity index (χ3v) is 3.40. The monoisotopic (exact) mass is 318 g/mol. The highest BCUT2D eigenvalue weighted by Gasteiger charge is 2.13. The predicted octanol–water partition coefficient (Wildman–Crippen LogP) is 1.94. The maximum atomic E-state index is 12.3. The minimum Gasteiger partial charge on any atom is -0.494 e. The van der Waals surface area contributed by atoms with Gasteiger partial charge < -0.3 is 9.64 Å². The van der Waals surface area contributed by atoms with Crippen LogP contribution in [0.2, 0.25) is 0 Å². The van der Waals surface area contributed by atoms with Crippen LogP contribution in [0.25, 0.3) is 0 Å².